The predicted octanol–water partition coefficient (Wildman–Crippen LogP) is 1.39. The van der Waals surface area contributed by atoms with Crippen LogP contribution in [0.1, 0.15) is 31.2 Å². The second-order valence-electron chi connectivity index (χ2n) is 7.91. The minimum Gasteiger partial charge on any atom is -0.381 e. The first-order chi connectivity index (χ1) is 13.5. The lowest BCUT2D eigenvalue weighted by atomic mass is 9.72. The van der Waals surface area contributed by atoms with Gasteiger partial charge in [-0.1, -0.05) is 30.3 Å². The molecule has 0 saturated carbocycles. The average molecular weight is 409 g/mol. The van der Waals surface area contributed by atoms with Gasteiger partial charge >= 0.3 is 0 Å². The Bertz CT molecular complexity index is 799. The summed E-state index contributed by atoms with van der Waals surface area (Å²) in [4.78, 5) is 14.7. The van der Waals surface area contributed by atoms with Crippen LogP contribution < -0.4 is 0 Å². The standard InChI is InChI=1S/C20H28N2O5S/c1-26-18-19(23)22(20(18)9-13-27-14-10-20)17-7-11-21(12-8-17)28(24,25)15-16-5-3-2-4-6-16/h2-6,17-18H,7-15H2,1H3. The zero-order valence-electron chi connectivity index (χ0n) is 16.2. The van der Waals surface area contributed by atoms with Crippen LogP contribution in [0.4, 0.5) is 0 Å². The van der Waals surface area contributed by atoms with E-state index in [9.17, 15) is 13.2 Å². The molecule has 28 heavy (non-hydrogen) atoms. The summed E-state index contributed by atoms with van der Waals surface area (Å²) in [5.74, 6) is 0.0590. The van der Waals surface area contributed by atoms with Crippen molar-refractivity contribution in [2.75, 3.05) is 33.4 Å². The normalized spacial score (nSPS) is 26.4. The number of rotatable bonds is 5. The maximum absolute atomic E-state index is 12.8. The van der Waals surface area contributed by atoms with E-state index in [1.165, 1.54) is 0 Å². The van der Waals surface area contributed by atoms with Crippen molar-refractivity contribution >= 4 is 15.9 Å². The van der Waals surface area contributed by atoms with E-state index >= 15 is 0 Å². The summed E-state index contributed by atoms with van der Waals surface area (Å²) in [5.41, 5.74) is 0.520. The number of benzene rings is 1. The Morgan fingerprint density at radius 1 is 1.14 bits per heavy atom. The van der Waals surface area contributed by atoms with Crippen molar-refractivity contribution in [2.45, 2.75) is 49.1 Å². The van der Waals surface area contributed by atoms with E-state index in [1.54, 1.807) is 11.4 Å². The van der Waals surface area contributed by atoms with Crippen molar-refractivity contribution in [2.24, 2.45) is 0 Å². The minimum atomic E-state index is -3.35. The number of carbonyl (C=O) groups is 1. The molecule has 4 rings (SSSR count). The number of likely N-dealkylation sites (tertiary alicyclic amines) is 1. The van der Waals surface area contributed by atoms with Crippen LogP contribution in [0.15, 0.2) is 30.3 Å². The van der Waals surface area contributed by atoms with Crippen LogP contribution in [0.5, 0.6) is 0 Å². The molecule has 0 aromatic heterocycles. The number of piperidine rings is 1. The molecule has 1 spiro atoms. The SMILES string of the molecule is COC1C(=O)N(C2CCN(S(=O)(=O)Cc3ccccc3)CC2)C12CCOCC2. The Kier molecular flexibility index (Phi) is 5.48. The van der Waals surface area contributed by atoms with Gasteiger partial charge in [0.1, 0.15) is 0 Å². The van der Waals surface area contributed by atoms with Gasteiger partial charge in [0.2, 0.25) is 10.0 Å². The second kappa shape index (κ2) is 7.74. The van der Waals surface area contributed by atoms with E-state index in [4.69, 9.17) is 9.47 Å². The molecule has 1 aromatic carbocycles. The summed E-state index contributed by atoms with van der Waals surface area (Å²) in [5, 5.41) is 0. The van der Waals surface area contributed by atoms with Crippen LogP contribution in [-0.4, -0.2) is 74.6 Å². The highest BCUT2D eigenvalue weighted by molar-refractivity contribution is 7.88. The summed E-state index contributed by atoms with van der Waals surface area (Å²) in [7, 11) is -1.76. The Balaban J connectivity index is 1.42. The van der Waals surface area contributed by atoms with Crippen molar-refractivity contribution in [3.8, 4) is 0 Å². The smallest absolute Gasteiger partial charge is 0.254 e. The lowest BCUT2D eigenvalue weighted by Crippen LogP contribution is -2.79. The number of nitrogens with zero attached hydrogens (tertiary/aromatic N) is 2. The fourth-order valence-corrected chi connectivity index (χ4v) is 6.55. The molecule has 0 N–H and O–H groups in total. The molecule has 3 saturated heterocycles. The lowest BCUT2D eigenvalue weighted by molar-refractivity contribution is -0.213. The van der Waals surface area contributed by atoms with Crippen molar-refractivity contribution in [3.05, 3.63) is 35.9 Å². The van der Waals surface area contributed by atoms with Crippen LogP contribution in [0, 0.1) is 0 Å². The quantitative estimate of drug-likeness (QED) is 0.688. The molecule has 1 unspecified atom stereocenters. The van der Waals surface area contributed by atoms with Gasteiger partial charge in [0.25, 0.3) is 5.91 Å². The van der Waals surface area contributed by atoms with Crippen molar-refractivity contribution < 1.29 is 22.7 Å². The summed E-state index contributed by atoms with van der Waals surface area (Å²) in [6.45, 7) is 2.17. The molecule has 1 atom stereocenters. The van der Waals surface area contributed by atoms with E-state index in [0.717, 1.165) is 18.4 Å². The average Bonchev–Trinajstić information content (AvgIpc) is 2.70. The topological polar surface area (TPSA) is 76.2 Å². The minimum absolute atomic E-state index is 0.0220. The van der Waals surface area contributed by atoms with E-state index in [1.807, 2.05) is 35.2 Å². The van der Waals surface area contributed by atoms with Crippen LogP contribution in [0.3, 0.4) is 0 Å². The summed E-state index contributed by atoms with van der Waals surface area (Å²) in [6, 6.07) is 9.33. The fourth-order valence-electron chi connectivity index (χ4n) is 4.98. The molecule has 0 bridgehead atoms. The monoisotopic (exact) mass is 408 g/mol. The third-order valence-electron chi connectivity index (χ3n) is 6.40. The number of amides is 1. The Labute approximate surface area is 166 Å². The summed E-state index contributed by atoms with van der Waals surface area (Å²) in [6.07, 6.45) is 2.50. The van der Waals surface area contributed by atoms with Gasteiger partial charge in [0.15, 0.2) is 6.10 Å². The zero-order valence-corrected chi connectivity index (χ0v) is 17.1. The first kappa shape index (κ1) is 19.8. The predicted molar refractivity (Wildman–Crippen MR) is 104 cm³/mol. The van der Waals surface area contributed by atoms with Crippen LogP contribution in [0.25, 0.3) is 0 Å². The molecule has 3 heterocycles. The highest BCUT2D eigenvalue weighted by Gasteiger charge is 2.62. The number of hydrogen-bond acceptors (Lipinski definition) is 5. The number of sulfonamides is 1. The molecule has 154 valence electrons. The molecule has 0 aliphatic carbocycles. The number of methoxy groups -OCH3 is 1. The molecule has 1 aromatic rings. The molecule has 3 fully saturated rings. The van der Waals surface area contributed by atoms with Gasteiger partial charge in [0.05, 0.1) is 11.3 Å². The van der Waals surface area contributed by atoms with Gasteiger partial charge in [-0.15, -0.1) is 0 Å². The third-order valence-corrected chi connectivity index (χ3v) is 8.25. The zero-order chi connectivity index (χ0) is 19.8. The van der Waals surface area contributed by atoms with E-state index in [-0.39, 0.29) is 23.2 Å². The largest absolute Gasteiger partial charge is 0.381 e. The van der Waals surface area contributed by atoms with Crippen molar-refractivity contribution in [3.63, 3.8) is 0 Å². The van der Waals surface area contributed by atoms with E-state index < -0.39 is 16.1 Å². The highest BCUT2D eigenvalue weighted by atomic mass is 32.2. The lowest BCUT2D eigenvalue weighted by Gasteiger charge is -2.61. The number of ether oxygens (including phenoxy) is 2. The highest BCUT2D eigenvalue weighted by Crippen LogP contribution is 2.45. The van der Waals surface area contributed by atoms with Gasteiger partial charge in [0, 0.05) is 39.5 Å². The van der Waals surface area contributed by atoms with Gasteiger partial charge in [-0.05, 0) is 31.2 Å². The molecular weight excluding hydrogens is 380 g/mol. The van der Waals surface area contributed by atoms with Crippen LogP contribution in [0.2, 0.25) is 0 Å². The maximum Gasteiger partial charge on any atom is 0.254 e. The second-order valence-corrected chi connectivity index (χ2v) is 9.88. The fraction of sp³-hybridized carbons (Fsp3) is 0.650. The van der Waals surface area contributed by atoms with Crippen LogP contribution in [-0.2, 0) is 30.0 Å². The molecule has 8 heteroatoms. The van der Waals surface area contributed by atoms with E-state index in [2.05, 4.69) is 0 Å². The number of carbonyl (C=O) groups excluding carboxylic acids is 1. The first-order valence-electron chi connectivity index (χ1n) is 9.93. The van der Waals surface area contributed by atoms with Gasteiger partial charge in [-0.25, -0.2) is 12.7 Å². The number of β-lactam (4-membered cyclic amide) rings is 1. The summed E-state index contributed by atoms with van der Waals surface area (Å²) >= 11 is 0. The molecular formula is C20H28N2O5S. The Morgan fingerprint density at radius 3 is 2.39 bits per heavy atom. The molecule has 1 amide bonds. The van der Waals surface area contributed by atoms with E-state index in [0.29, 0.717) is 39.1 Å². The Hall–Kier alpha value is -1.48. The molecule has 3 aliphatic heterocycles. The van der Waals surface area contributed by atoms with Crippen LogP contribution >= 0.6 is 0 Å². The first-order valence-corrected chi connectivity index (χ1v) is 11.5. The van der Waals surface area contributed by atoms with Crippen molar-refractivity contribution in [1.29, 1.82) is 0 Å². The molecule has 7 nitrogen and oxygen atoms in total. The van der Waals surface area contributed by atoms with Gasteiger partial charge < -0.3 is 14.4 Å². The van der Waals surface area contributed by atoms with Gasteiger partial charge in [-0.3, -0.25) is 4.79 Å². The van der Waals surface area contributed by atoms with Crippen molar-refractivity contribution in [1.82, 2.24) is 9.21 Å². The molecule has 0 radical (unpaired) electrons. The summed E-state index contributed by atoms with van der Waals surface area (Å²) < 4.78 is 38.1. The number of hydrogen-bond donors (Lipinski definition) is 0. The molecule has 3 aliphatic rings. The van der Waals surface area contributed by atoms with Gasteiger partial charge in [-0.2, -0.15) is 0 Å². The maximum atomic E-state index is 12.8. The third kappa shape index (κ3) is 3.36. The Morgan fingerprint density at radius 2 is 1.79 bits per heavy atom.